The van der Waals surface area contributed by atoms with Crippen molar-refractivity contribution in [2.45, 2.75) is 0 Å². The van der Waals surface area contributed by atoms with Crippen molar-refractivity contribution >= 4 is 42.2 Å². The Kier molecular flexibility index (Phi) is 7.82. The summed E-state index contributed by atoms with van der Waals surface area (Å²) in [6.07, 6.45) is 0. The maximum Gasteiger partial charge on any atom is 0.335 e. The van der Waals surface area contributed by atoms with Gasteiger partial charge in [-0.15, -0.1) is 24.8 Å². The first-order chi connectivity index (χ1) is 12.8. The van der Waals surface area contributed by atoms with Gasteiger partial charge in [-0.05, 0) is 36.4 Å². The Morgan fingerprint density at radius 3 is 1.45 bits per heavy atom. The number of phenols is 2. The van der Waals surface area contributed by atoms with Crippen molar-refractivity contribution in [2.24, 2.45) is 0 Å². The van der Waals surface area contributed by atoms with Gasteiger partial charge in [-0.3, -0.25) is 0 Å². The van der Waals surface area contributed by atoms with Gasteiger partial charge in [0.1, 0.15) is 34.5 Å². The van der Waals surface area contributed by atoms with Crippen LogP contribution in [0.1, 0.15) is 10.4 Å². The lowest BCUT2D eigenvalue weighted by molar-refractivity contribution is 0.0696. The Hall–Kier alpha value is -3.49. The van der Waals surface area contributed by atoms with Crippen molar-refractivity contribution in [3.8, 4) is 34.5 Å². The van der Waals surface area contributed by atoms with Crippen molar-refractivity contribution in [2.75, 3.05) is 11.5 Å². The Morgan fingerprint density at radius 1 is 0.690 bits per heavy atom. The topological polar surface area (TPSA) is 148 Å². The molecule has 3 rings (SSSR count). The van der Waals surface area contributed by atoms with Crippen molar-refractivity contribution in [3.63, 3.8) is 0 Å². The molecule has 10 heteroatoms. The first-order valence-electron chi connectivity index (χ1n) is 7.73. The van der Waals surface area contributed by atoms with Gasteiger partial charge in [0.25, 0.3) is 0 Å². The minimum Gasteiger partial charge on any atom is -0.506 e. The molecule has 3 aromatic carbocycles. The summed E-state index contributed by atoms with van der Waals surface area (Å²) >= 11 is 0. The summed E-state index contributed by atoms with van der Waals surface area (Å²) < 4.78 is 11.2. The molecular weight excluding hydrogens is 423 g/mol. The van der Waals surface area contributed by atoms with Gasteiger partial charge in [0, 0.05) is 18.2 Å². The predicted molar refractivity (Wildman–Crippen MR) is 113 cm³/mol. The van der Waals surface area contributed by atoms with E-state index in [1.54, 1.807) is 0 Å². The number of carbonyl (C=O) groups is 1. The number of anilines is 2. The lowest BCUT2D eigenvalue weighted by Gasteiger charge is -2.12. The first-order valence-corrected chi connectivity index (χ1v) is 7.73. The quantitative estimate of drug-likeness (QED) is 0.289. The van der Waals surface area contributed by atoms with Crippen LogP contribution >= 0.6 is 24.8 Å². The molecule has 154 valence electrons. The molecule has 0 saturated carbocycles. The molecule has 0 bridgehead atoms. The summed E-state index contributed by atoms with van der Waals surface area (Å²) in [6, 6.07) is 12.7. The third-order valence-electron chi connectivity index (χ3n) is 3.60. The summed E-state index contributed by atoms with van der Waals surface area (Å²) in [6.45, 7) is 0. The van der Waals surface area contributed by atoms with Gasteiger partial charge in [-0.2, -0.15) is 0 Å². The zero-order valence-corrected chi connectivity index (χ0v) is 16.4. The second kappa shape index (κ2) is 9.63. The summed E-state index contributed by atoms with van der Waals surface area (Å²) in [5.41, 5.74) is 11.4. The van der Waals surface area contributed by atoms with Gasteiger partial charge in [0.15, 0.2) is 0 Å². The zero-order valence-electron chi connectivity index (χ0n) is 14.7. The third kappa shape index (κ3) is 5.74. The maximum absolute atomic E-state index is 11.4. The predicted octanol–water partition coefficient (Wildman–Crippen LogP) is 4.39. The monoisotopic (exact) mass is 440 g/mol. The van der Waals surface area contributed by atoms with Crippen molar-refractivity contribution in [3.05, 3.63) is 60.2 Å². The van der Waals surface area contributed by atoms with Gasteiger partial charge >= 0.3 is 5.97 Å². The number of phenolic OH excluding ortho intramolecular Hbond substituents is 2. The lowest BCUT2D eigenvalue weighted by Crippen LogP contribution is -1.98. The maximum atomic E-state index is 11.4. The number of halogens is 2. The van der Waals surface area contributed by atoms with Gasteiger partial charge in [-0.1, -0.05) is 0 Å². The fourth-order valence-corrected chi connectivity index (χ4v) is 2.26. The number of aromatic carboxylic acids is 1. The van der Waals surface area contributed by atoms with Gasteiger partial charge in [-0.25, -0.2) is 4.79 Å². The highest BCUT2D eigenvalue weighted by molar-refractivity contribution is 5.88. The molecule has 0 aliphatic carbocycles. The Bertz CT molecular complexity index is 958. The van der Waals surface area contributed by atoms with E-state index in [0.29, 0.717) is 0 Å². The minimum atomic E-state index is -1.18. The smallest absolute Gasteiger partial charge is 0.335 e. The minimum absolute atomic E-state index is 0. The van der Waals surface area contributed by atoms with Crippen LogP contribution in [-0.2, 0) is 0 Å². The molecule has 0 radical (unpaired) electrons. The fraction of sp³-hybridized carbons (Fsp3) is 0. The lowest BCUT2D eigenvalue weighted by atomic mass is 10.2. The van der Waals surface area contributed by atoms with E-state index in [4.69, 9.17) is 20.9 Å². The Morgan fingerprint density at radius 2 is 1.10 bits per heavy atom. The Labute approximate surface area is 178 Å². The van der Waals surface area contributed by atoms with Crippen LogP contribution in [0.3, 0.4) is 0 Å². The van der Waals surface area contributed by atoms with E-state index in [1.807, 2.05) is 0 Å². The highest BCUT2D eigenvalue weighted by Gasteiger charge is 2.12. The van der Waals surface area contributed by atoms with Crippen LogP contribution in [0.4, 0.5) is 11.4 Å². The molecule has 0 unspecified atom stereocenters. The molecule has 0 aliphatic rings. The molecule has 0 spiro atoms. The van der Waals surface area contributed by atoms with Crippen LogP contribution in [0.25, 0.3) is 0 Å². The van der Waals surface area contributed by atoms with E-state index in [9.17, 15) is 20.1 Å². The number of ether oxygens (including phenoxy) is 2. The second-order valence-electron chi connectivity index (χ2n) is 5.64. The van der Waals surface area contributed by atoms with Crippen LogP contribution in [0.15, 0.2) is 54.6 Å². The number of carboxylic acids is 1. The molecule has 3 aromatic rings. The fourth-order valence-electron chi connectivity index (χ4n) is 2.26. The molecule has 0 saturated heterocycles. The number of nitrogens with two attached hydrogens (primary N) is 2. The third-order valence-corrected chi connectivity index (χ3v) is 3.60. The molecule has 0 amide bonds. The summed E-state index contributed by atoms with van der Waals surface area (Å²) in [7, 11) is 0. The zero-order chi connectivity index (χ0) is 19.6. The highest BCUT2D eigenvalue weighted by Crippen LogP contribution is 2.34. The average Bonchev–Trinajstić information content (AvgIpc) is 2.61. The SMILES string of the molecule is Cl.Cl.Nc1ccc(Oc2cc(Oc3ccc(N)c(O)c3)cc(C(=O)O)c2)cc1O. The largest absolute Gasteiger partial charge is 0.506 e. The molecule has 0 heterocycles. The van der Waals surface area contributed by atoms with Crippen molar-refractivity contribution in [1.29, 1.82) is 0 Å². The average molecular weight is 441 g/mol. The molecule has 0 fully saturated rings. The number of hydrogen-bond acceptors (Lipinski definition) is 7. The highest BCUT2D eigenvalue weighted by atomic mass is 35.5. The van der Waals surface area contributed by atoms with Crippen LogP contribution in [-0.4, -0.2) is 21.3 Å². The van der Waals surface area contributed by atoms with Crippen molar-refractivity contribution in [1.82, 2.24) is 0 Å². The molecule has 8 nitrogen and oxygen atoms in total. The summed E-state index contributed by atoms with van der Waals surface area (Å²) in [5, 5.41) is 28.6. The standard InChI is InChI=1S/C19H16N2O6.2ClH/c20-15-3-1-11(8-17(15)22)26-13-5-10(19(24)25)6-14(7-13)27-12-2-4-16(21)18(23)9-12;;/h1-9,22-23H,20-21H2,(H,24,25);2*1H. The molecule has 29 heavy (non-hydrogen) atoms. The van der Waals surface area contributed by atoms with Crippen molar-refractivity contribution < 1.29 is 29.6 Å². The van der Waals surface area contributed by atoms with Crippen LogP contribution in [0, 0.1) is 0 Å². The summed E-state index contributed by atoms with van der Waals surface area (Å²) in [5.74, 6) is -0.611. The van der Waals surface area contributed by atoms with E-state index in [2.05, 4.69) is 0 Å². The van der Waals surface area contributed by atoms with E-state index < -0.39 is 5.97 Å². The van der Waals surface area contributed by atoms with Crippen LogP contribution in [0.2, 0.25) is 0 Å². The van der Waals surface area contributed by atoms with Gasteiger partial charge in [0.2, 0.25) is 0 Å². The molecule has 0 aliphatic heterocycles. The van der Waals surface area contributed by atoms with Crippen LogP contribution in [0.5, 0.6) is 34.5 Å². The molecular formula is C19H18Cl2N2O6. The number of benzene rings is 3. The van der Waals surface area contributed by atoms with E-state index in [0.717, 1.165) is 0 Å². The second-order valence-corrected chi connectivity index (χ2v) is 5.64. The number of carboxylic acid groups (broad SMARTS) is 1. The van der Waals surface area contributed by atoms with Crippen LogP contribution < -0.4 is 20.9 Å². The molecule has 0 aromatic heterocycles. The van der Waals surface area contributed by atoms with E-state index in [1.165, 1.54) is 54.6 Å². The number of aromatic hydroxyl groups is 2. The van der Waals surface area contributed by atoms with E-state index in [-0.39, 0.29) is 76.2 Å². The van der Waals surface area contributed by atoms with Gasteiger partial charge in [0.05, 0.1) is 16.9 Å². The number of rotatable bonds is 5. The number of nitrogen functional groups attached to an aromatic ring is 2. The first kappa shape index (κ1) is 23.5. The number of hydrogen-bond donors (Lipinski definition) is 5. The summed E-state index contributed by atoms with van der Waals surface area (Å²) in [4.78, 5) is 11.4. The Balaban J connectivity index is 0.00000210. The molecule has 7 N–H and O–H groups in total. The van der Waals surface area contributed by atoms with Gasteiger partial charge < -0.3 is 36.3 Å². The van der Waals surface area contributed by atoms with E-state index >= 15 is 0 Å². The molecule has 0 atom stereocenters. The normalized spacial score (nSPS) is 9.66.